The van der Waals surface area contributed by atoms with Crippen molar-refractivity contribution in [3.63, 3.8) is 0 Å². The van der Waals surface area contributed by atoms with Crippen LogP contribution in [0.3, 0.4) is 0 Å². The Morgan fingerprint density at radius 1 is 1.42 bits per heavy atom. The first-order chi connectivity index (χ1) is 11.6. The van der Waals surface area contributed by atoms with Gasteiger partial charge >= 0.3 is 0 Å². The molecule has 1 amide bonds. The summed E-state index contributed by atoms with van der Waals surface area (Å²) in [6, 6.07) is 10.8. The van der Waals surface area contributed by atoms with Crippen LogP contribution in [0, 0.1) is 18.3 Å². The lowest BCUT2D eigenvalue weighted by Gasteiger charge is -2.15. The first-order valence-corrected chi connectivity index (χ1v) is 9.51. The number of aromatic nitrogens is 2. The molecular formula is C17H18N4OS2. The van der Waals surface area contributed by atoms with Gasteiger partial charge in [0.25, 0.3) is 0 Å². The van der Waals surface area contributed by atoms with Gasteiger partial charge < -0.3 is 0 Å². The molecule has 1 unspecified atom stereocenters. The highest BCUT2D eigenvalue weighted by atomic mass is 32.2. The quantitative estimate of drug-likeness (QED) is 0.583. The maximum atomic E-state index is 11.8. The monoisotopic (exact) mass is 358 g/mol. The number of nitrogens with zero attached hydrogens (tertiary/aromatic N) is 4. The molecular weight excluding hydrogens is 340 g/mol. The second-order valence-corrected chi connectivity index (χ2v) is 8.30. The molecule has 1 saturated carbocycles. The van der Waals surface area contributed by atoms with Crippen molar-refractivity contribution in [3.8, 4) is 6.07 Å². The van der Waals surface area contributed by atoms with E-state index in [1.807, 2.05) is 6.92 Å². The maximum absolute atomic E-state index is 11.8. The molecule has 1 aliphatic rings. The van der Waals surface area contributed by atoms with Gasteiger partial charge in [0.2, 0.25) is 11.0 Å². The first kappa shape index (κ1) is 16.9. The SMILES string of the molecule is CC(=O)N(c1nnc(SC(C#N)Cc2ccc(C)cc2)s1)C1CC1. The largest absolute Gasteiger partial charge is 0.284 e. The van der Waals surface area contributed by atoms with E-state index < -0.39 is 0 Å². The van der Waals surface area contributed by atoms with E-state index in [0.29, 0.717) is 11.6 Å². The van der Waals surface area contributed by atoms with Gasteiger partial charge in [-0.2, -0.15) is 5.26 Å². The molecule has 1 fully saturated rings. The fourth-order valence-electron chi connectivity index (χ4n) is 2.40. The number of carbonyl (C=O) groups is 1. The van der Waals surface area contributed by atoms with Crippen molar-refractivity contribution < 1.29 is 4.79 Å². The van der Waals surface area contributed by atoms with Crippen molar-refractivity contribution in [1.82, 2.24) is 10.2 Å². The van der Waals surface area contributed by atoms with Crippen molar-refractivity contribution in [2.45, 2.75) is 48.7 Å². The normalized spacial score (nSPS) is 14.9. The van der Waals surface area contributed by atoms with Gasteiger partial charge in [0, 0.05) is 13.0 Å². The summed E-state index contributed by atoms with van der Waals surface area (Å²) in [6.07, 6.45) is 2.71. The lowest BCUT2D eigenvalue weighted by atomic mass is 10.1. The van der Waals surface area contributed by atoms with Crippen LogP contribution in [0.4, 0.5) is 5.13 Å². The van der Waals surface area contributed by atoms with Crippen LogP contribution in [0.2, 0.25) is 0 Å². The molecule has 3 rings (SSSR count). The lowest BCUT2D eigenvalue weighted by molar-refractivity contribution is -0.116. The molecule has 0 aliphatic heterocycles. The van der Waals surface area contributed by atoms with E-state index >= 15 is 0 Å². The molecule has 2 aromatic rings. The average Bonchev–Trinajstić information content (AvgIpc) is 3.28. The Morgan fingerprint density at radius 3 is 2.71 bits per heavy atom. The van der Waals surface area contributed by atoms with Gasteiger partial charge in [0.15, 0.2) is 4.34 Å². The van der Waals surface area contributed by atoms with E-state index in [9.17, 15) is 10.1 Å². The zero-order valence-electron chi connectivity index (χ0n) is 13.6. The third kappa shape index (κ3) is 4.13. The summed E-state index contributed by atoms with van der Waals surface area (Å²) in [7, 11) is 0. The number of rotatable bonds is 6. The van der Waals surface area contributed by atoms with Gasteiger partial charge in [-0.25, -0.2) is 0 Å². The maximum Gasteiger partial charge on any atom is 0.225 e. The molecule has 1 atom stereocenters. The van der Waals surface area contributed by atoms with Crippen LogP contribution in [0.15, 0.2) is 28.6 Å². The zero-order valence-corrected chi connectivity index (χ0v) is 15.2. The van der Waals surface area contributed by atoms with Gasteiger partial charge in [-0.05, 0) is 31.7 Å². The lowest BCUT2D eigenvalue weighted by Crippen LogP contribution is -2.30. The number of carbonyl (C=O) groups excluding carboxylic acids is 1. The summed E-state index contributed by atoms with van der Waals surface area (Å²) >= 11 is 2.80. The summed E-state index contributed by atoms with van der Waals surface area (Å²) in [5.74, 6) is 0.00156. The van der Waals surface area contributed by atoms with E-state index in [1.54, 1.807) is 11.8 Å². The first-order valence-electron chi connectivity index (χ1n) is 7.82. The highest BCUT2D eigenvalue weighted by Crippen LogP contribution is 2.37. The van der Waals surface area contributed by atoms with Gasteiger partial charge in [-0.3, -0.25) is 9.69 Å². The van der Waals surface area contributed by atoms with E-state index in [0.717, 1.165) is 22.7 Å². The van der Waals surface area contributed by atoms with Crippen LogP contribution in [-0.4, -0.2) is 27.4 Å². The van der Waals surface area contributed by atoms with Crippen molar-refractivity contribution in [2.24, 2.45) is 0 Å². The van der Waals surface area contributed by atoms with E-state index in [2.05, 4.69) is 40.5 Å². The predicted molar refractivity (Wildman–Crippen MR) is 96.2 cm³/mol. The van der Waals surface area contributed by atoms with E-state index in [1.165, 1.54) is 28.7 Å². The fourth-order valence-corrected chi connectivity index (χ4v) is 4.52. The Morgan fingerprint density at radius 2 is 2.12 bits per heavy atom. The predicted octanol–water partition coefficient (Wildman–Crippen LogP) is 3.59. The van der Waals surface area contributed by atoms with Crippen LogP contribution in [-0.2, 0) is 11.2 Å². The minimum atomic E-state index is -0.222. The molecule has 0 N–H and O–H groups in total. The molecule has 0 saturated heterocycles. The van der Waals surface area contributed by atoms with Gasteiger partial charge in [0.1, 0.15) is 5.25 Å². The summed E-state index contributed by atoms with van der Waals surface area (Å²) in [5.41, 5.74) is 2.34. The van der Waals surface area contributed by atoms with Crippen LogP contribution in [0.1, 0.15) is 30.9 Å². The number of nitriles is 1. The number of hydrogen-bond acceptors (Lipinski definition) is 6. The Hall–Kier alpha value is -1.91. The number of anilines is 1. The minimum absolute atomic E-state index is 0.00156. The summed E-state index contributed by atoms with van der Waals surface area (Å²) in [4.78, 5) is 13.5. The Balaban J connectivity index is 1.67. The molecule has 0 radical (unpaired) electrons. The van der Waals surface area contributed by atoms with Crippen molar-refractivity contribution in [3.05, 3.63) is 35.4 Å². The summed E-state index contributed by atoms with van der Waals surface area (Å²) < 4.78 is 0.732. The molecule has 124 valence electrons. The molecule has 5 nitrogen and oxygen atoms in total. The minimum Gasteiger partial charge on any atom is -0.284 e. The molecule has 24 heavy (non-hydrogen) atoms. The molecule has 0 spiro atoms. The number of thioether (sulfide) groups is 1. The second kappa shape index (κ2) is 7.32. The van der Waals surface area contributed by atoms with E-state index in [-0.39, 0.29) is 17.2 Å². The number of amides is 1. The zero-order chi connectivity index (χ0) is 17.1. The Bertz CT molecular complexity index is 762. The highest BCUT2D eigenvalue weighted by Gasteiger charge is 2.34. The molecule has 1 aromatic carbocycles. The fraction of sp³-hybridized carbons (Fsp3) is 0.412. The van der Waals surface area contributed by atoms with Crippen molar-refractivity contribution >= 4 is 34.1 Å². The smallest absolute Gasteiger partial charge is 0.225 e. The van der Waals surface area contributed by atoms with E-state index in [4.69, 9.17) is 0 Å². The van der Waals surface area contributed by atoms with Crippen molar-refractivity contribution in [1.29, 1.82) is 5.26 Å². The van der Waals surface area contributed by atoms with Crippen molar-refractivity contribution in [2.75, 3.05) is 4.90 Å². The molecule has 1 aromatic heterocycles. The third-order valence-electron chi connectivity index (χ3n) is 3.78. The van der Waals surface area contributed by atoms with Crippen LogP contribution >= 0.6 is 23.1 Å². The Labute approximate surface area is 149 Å². The number of hydrogen-bond donors (Lipinski definition) is 0. The molecule has 0 bridgehead atoms. The van der Waals surface area contributed by atoms with Gasteiger partial charge in [-0.15, -0.1) is 10.2 Å². The Kier molecular flexibility index (Phi) is 5.17. The average molecular weight is 358 g/mol. The van der Waals surface area contributed by atoms with Gasteiger partial charge in [0.05, 0.1) is 6.07 Å². The van der Waals surface area contributed by atoms with Crippen LogP contribution in [0.5, 0.6) is 0 Å². The van der Waals surface area contributed by atoms with Crippen LogP contribution < -0.4 is 4.90 Å². The summed E-state index contributed by atoms with van der Waals surface area (Å²) in [6.45, 7) is 3.60. The number of aryl methyl sites for hydroxylation is 1. The van der Waals surface area contributed by atoms with Gasteiger partial charge in [-0.1, -0.05) is 52.9 Å². The molecule has 1 heterocycles. The topological polar surface area (TPSA) is 69.9 Å². The second-order valence-electron chi connectivity index (χ2n) is 5.90. The molecule has 1 aliphatic carbocycles. The standard InChI is InChI=1S/C17H18N4OS2/c1-11-3-5-13(6-4-11)9-15(10-18)23-17-20-19-16(24-17)21(12(2)22)14-7-8-14/h3-6,14-15H,7-9H2,1-2H3. The number of benzene rings is 1. The third-order valence-corrected chi connectivity index (χ3v) is 5.88. The molecule has 7 heteroatoms. The van der Waals surface area contributed by atoms with Crippen LogP contribution in [0.25, 0.3) is 0 Å². The highest BCUT2D eigenvalue weighted by molar-refractivity contribution is 8.01. The summed E-state index contributed by atoms with van der Waals surface area (Å²) in [5, 5.41) is 18.2.